The van der Waals surface area contributed by atoms with E-state index in [2.05, 4.69) is 80.4 Å². The molecule has 4 rings (SSSR count). The van der Waals surface area contributed by atoms with E-state index in [0.717, 1.165) is 63.5 Å². The molecule has 0 aliphatic rings. The standard InChI is InChI=1S/C22H26N6S/c1-4-10-23-16-8-6-15(7-9-16)13-24-21-17-11-19-20(28(5-2)22(29)27-19)12-18(17)25-14(3)26-21/h6-9,11-12,23H,4-5,10,13H2,1-3H3,(H,27,29)(H,24,25,26). The maximum atomic E-state index is 5.45. The first kappa shape index (κ1) is 19.4. The third-order valence-corrected chi connectivity index (χ3v) is 5.33. The molecule has 2 heterocycles. The van der Waals surface area contributed by atoms with E-state index in [1.807, 2.05) is 6.92 Å². The van der Waals surface area contributed by atoms with Crippen LogP contribution in [-0.4, -0.2) is 26.1 Å². The minimum absolute atomic E-state index is 0.698. The summed E-state index contributed by atoms with van der Waals surface area (Å²) in [5.41, 5.74) is 5.35. The Hall–Kier alpha value is -2.93. The number of aromatic amines is 1. The third kappa shape index (κ3) is 3.96. The van der Waals surface area contributed by atoms with Crippen LogP contribution in [0.5, 0.6) is 0 Å². The molecule has 7 heteroatoms. The molecular formula is C22H26N6S. The molecule has 3 N–H and O–H groups in total. The van der Waals surface area contributed by atoms with Gasteiger partial charge in [0.1, 0.15) is 11.6 Å². The van der Waals surface area contributed by atoms with Crippen molar-refractivity contribution in [3.05, 3.63) is 52.6 Å². The van der Waals surface area contributed by atoms with Crippen LogP contribution in [0.15, 0.2) is 36.4 Å². The molecule has 0 aliphatic carbocycles. The summed E-state index contributed by atoms with van der Waals surface area (Å²) in [6.07, 6.45) is 1.11. The van der Waals surface area contributed by atoms with Crippen LogP contribution in [0.1, 0.15) is 31.7 Å². The fourth-order valence-electron chi connectivity index (χ4n) is 3.54. The van der Waals surface area contributed by atoms with Gasteiger partial charge < -0.3 is 20.2 Å². The fourth-order valence-corrected chi connectivity index (χ4v) is 3.88. The molecule has 0 unspecified atom stereocenters. The SMILES string of the molecule is CCCNc1ccc(CNc2nc(C)nc3cc4c(cc23)[nH]c(=S)n4CC)cc1. The number of anilines is 2. The molecular weight excluding hydrogens is 380 g/mol. The maximum Gasteiger partial charge on any atom is 0.178 e. The number of nitrogens with zero attached hydrogens (tertiary/aromatic N) is 3. The summed E-state index contributed by atoms with van der Waals surface area (Å²) in [4.78, 5) is 12.6. The quantitative estimate of drug-likeness (QED) is 0.358. The van der Waals surface area contributed by atoms with Gasteiger partial charge in [-0.3, -0.25) is 0 Å². The minimum Gasteiger partial charge on any atom is -0.385 e. The molecule has 0 radical (unpaired) electrons. The monoisotopic (exact) mass is 406 g/mol. The summed E-state index contributed by atoms with van der Waals surface area (Å²) in [5, 5.41) is 7.88. The van der Waals surface area contributed by atoms with Gasteiger partial charge in [0.2, 0.25) is 0 Å². The molecule has 0 saturated carbocycles. The topological polar surface area (TPSA) is 70.6 Å². The summed E-state index contributed by atoms with van der Waals surface area (Å²) in [6, 6.07) is 12.7. The zero-order chi connectivity index (χ0) is 20.4. The van der Waals surface area contributed by atoms with Crippen LogP contribution in [0.3, 0.4) is 0 Å². The van der Waals surface area contributed by atoms with Crippen LogP contribution in [0.25, 0.3) is 21.9 Å². The fraction of sp³-hybridized carbons (Fsp3) is 0.318. The number of H-pyrrole nitrogens is 1. The molecule has 6 nitrogen and oxygen atoms in total. The first-order valence-corrected chi connectivity index (χ1v) is 10.5. The van der Waals surface area contributed by atoms with E-state index in [1.165, 1.54) is 5.56 Å². The van der Waals surface area contributed by atoms with E-state index in [1.54, 1.807) is 0 Å². The normalized spacial score (nSPS) is 11.3. The molecule has 4 aromatic rings. The second-order valence-electron chi connectivity index (χ2n) is 7.16. The van der Waals surface area contributed by atoms with Crippen LogP contribution in [-0.2, 0) is 13.1 Å². The second-order valence-corrected chi connectivity index (χ2v) is 7.54. The summed E-state index contributed by atoms with van der Waals surface area (Å²) < 4.78 is 2.82. The number of fused-ring (bicyclic) bond motifs is 2. The first-order chi connectivity index (χ1) is 14.1. The highest BCUT2D eigenvalue weighted by Crippen LogP contribution is 2.27. The average molecular weight is 407 g/mol. The van der Waals surface area contributed by atoms with Crippen molar-refractivity contribution >= 4 is 45.7 Å². The highest BCUT2D eigenvalue weighted by molar-refractivity contribution is 7.71. The number of rotatable bonds is 7. The van der Waals surface area contributed by atoms with Crippen molar-refractivity contribution in [3.8, 4) is 0 Å². The van der Waals surface area contributed by atoms with Gasteiger partial charge in [0.25, 0.3) is 0 Å². The van der Waals surface area contributed by atoms with Crippen molar-refractivity contribution in [3.63, 3.8) is 0 Å². The molecule has 0 fully saturated rings. The molecule has 2 aromatic carbocycles. The second kappa shape index (κ2) is 8.21. The minimum atomic E-state index is 0.698. The number of aromatic nitrogens is 4. The van der Waals surface area contributed by atoms with Gasteiger partial charge in [-0.2, -0.15) is 0 Å². The van der Waals surface area contributed by atoms with Crippen LogP contribution in [0, 0.1) is 11.7 Å². The molecule has 0 spiro atoms. The lowest BCUT2D eigenvalue weighted by atomic mass is 10.1. The van der Waals surface area contributed by atoms with Crippen LogP contribution in [0.2, 0.25) is 0 Å². The highest BCUT2D eigenvalue weighted by Gasteiger charge is 2.11. The van der Waals surface area contributed by atoms with Crippen molar-refractivity contribution < 1.29 is 0 Å². The zero-order valence-corrected chi connectivity index (χ0v) is 17.9. The van der Waals surface area contributed by atoms with Crippen LogP contribution < -0.4 is 10.6 Å². The lowest BCUT2D eigenvalue weighted by Gasteiger charge is -2.11. The maximum absolute atomic E-state index is 5.45. The average Bonchev–Trinajstić information content (AvgIpc) is 3.03. The Balaban J connectivity index is 1.64. The van der Waals surface area contributed by atoms with Gasteiger partial charge in [-0.25, -0.2) is 9.97 Å². The lowest BCUT2D eigenvalue weighted by molar-refractivity contribution is 0.774. The van der Waals surface area contributed by atoms with E-state index in [4.69, 9.17) is 12.2 Å². The van der Waals surface area contributed by atoms with Crippen molar-refractivity contribution in [2.24, 2.45) is 0 Å². The van der Waals surface area contributed by atoms with E-state index >= 15 is 0 Å². The van der Waals surface area contributed by atoms with E-state index in [0.29, 0.717) is 6.54 Å². The molecule has 0 aliphatic heterocycles. The number of aryl methyl sites for hydroxylation is 2. The molecule has 0 saturated heterocycles. The van der Waals surface area contributed by atoms with Gasteiger partial charge in [0.15, 0.2) is 4.77 Å². The largest absolute Gasteiger partial charge is 0.385 e. The Morgan fingerprint density at radius 2 is 1.86 bits per heavy atom. The van der Waals surface area contributed by atoms with Crippen LogP contribution >= 0.6 is 12.2 Å². The zero-order valence-electron chi connectivity index (χ0n) is 17.0. The Kier molecular flexibility index (Phi) is 5.49. The van der Waals surface area contributed by atoms with E-state index in [-0.39, 0.29) is 0 Å². The van der Waals surface area contributed by atoms with E-state index < -0.39 is 0 Å². The van der Waals surface area contributed by atoms with Gasteiger partial charge in [-0.15, -0.1) is 0 Å². The van der Waals surface area contributed by atoms with Crippen LogP contribution in [0.4, 0.5) is 11.5 Å². The van der Waals surface area contributed by atoms with Crippen molar-refractivity contribution in [1.29, 1.82) is 0 Å². The third-order valence-electron chi connectivity index (χ3n) is 5.01. The number of imidazole rings is 1. The van der Waals surface area contributed by atoms with Gasteiger partial charge >= 0.3 is 0 Å². The highest BCUT2D eigenvalue weighted by atomic mass is 32.1. The summed E-state index contributed by atoms with van der Waals surface area (Å²) in [6.45, 7) is 8.69. The van der Waals surface area contributed by atoms with E-state index in [9.17, 15) is 0 Å². The first-order valence-electron chi connectivity index (χ1n) is 10.1. The number of nitrogens with one attached hydrogen (secondary N) is 3. The molecule has 2 aromatic heterocycles. The van der Waals surface area contributed by atoms with Crippen molar-refractivity contribution in [2.75, 3.05) is 17.2 Å². The van der Waals surface area contributed by atoms with Crippen molar-refractivity contribution in [1.82, 2.24) is 19.5 Å². The predicted octanol–water partition coefficient (Wildman–Crippen LogP) is 5.40. The van der Waals surface area contributed by atoms with Gasteiger partial charge in [0.05, 0.1) is 16.6 Å². The lowest BCUT2D eigenvalue weighted by Crippen LogP contribution is -2.05. The number of benzene rings is 2. The Bertz CT molecular complexity index is 1210. The Labute approximate surface area is 175 Å². The number of hydrogen-bond donors (Lipinski definition) is 3. The van der Waals surface area contributed by atoms with Gasteiger partial charge in [-0.1, -0.05) is 19.1 Å². The summed E-state index contributed by atoms with van der Waals surface area (Å²) >= 11 is 5.45. The summed E-state index contributed by atoms with van der Waals surface area (Å²) in [7, 11) is 0. The summed E-state index contributed by atoms with van der Waals surface area (Å²) in [5.74, 6) is 1.58. The smallest absolute Gasteiger partial charge is 0.178 e. The van der Waals surface area contributed by atoms with Gasteiger partial charge in [-0.05, 0) is 62.3 Å². The Morgan fingerprint density at radius 3 is 2.59 bits per heavy atom. The molecule has 29 heavy (non-hydrogen) atoms. The number of hydrogen-bond acceptors (Lipinski definition) is 5. The molecule has 0 bridgehead atoms. The van der Waals surface area contributed by atoms with Gasteiger partial charge in [0, 0.05) is 30.7 Å². The molecule has 0 atom stereocenters. The Morgan fingerprint density at radius 1 is 1.07 bits per heavy atom. The van der Waals surface area contributed by atoms with Crippen molar-refractivity contribution in [2.45, 2.75) is 40.3 Å². The molecule has 0 amide bonds. The predicted molar refractivity (Wildman–Crippen MR) is 123 cm³/mol. The molecule has 150 valence electrons.